The van der Waals surface area contributed by atoms with E-state index in [-0.39, 0.29) is 11.8 Å². The fourth-order valence-electron chi connectivity index (χ4n) is 2.56. The molecule has 1 N–H and O–H groups in total. The van der Waals surface area contributed by atoms with Crippen molar-refractivity contribution in [3.8, 4) is 0 Å². The molecule has 1 aliphatic heterocycles. The Labute approximate surface area is 168 Å². The third kappa shape index (κ3) is 4.46. The molecule has 3 rings (SSSR count). The minimum atomic E-state index is -0.367. The average Bonchev–Trinajstić information content (AvgIpc) is 2.90. The van der Waals surface area contributed by atoms with Crippen LogP contribution < -0.4 is 5.43 Å². The first kappa shape index (κ1) is 19.3. The second kappa shape index (κ2) is 8.06. The number of carbonyl (C=O) groups excluding carboxylic acids is 2. The molecule has 0 atom stereocenters. The Bertz CT molecular complexity index is 916. The predicted molar refractivity (Wildman–Crippen MR) is 114 cm³/mol. The summed E-state index contributed by atoms with van der Waals surface area (Å²) in [4.78, 5) is 25.5. The highest BCUT2D eigenvalue weighted by molar-refractivity contribution is 8.26. The van der Waals surface area contributed by atoms with Crippen molar-refractivity contribution >= 4 is 46.2 Å². The van der Waals surface area contributed by atoms with E-state index in [0.29, 0.717) is 20.7 Å². The summed E-state index contributed by atoms with van der Waals surface area (Å²) < 4.78 is 0.311. The number of hydrogen-bond acceptors (Lipinski definition) is 4. The SMILES string of the molecule is Cc1ccc(C(=O)NN2C(=O)/C(=C/c3ccc(C(C)C)cc3)SC2=S)cc1. The van der Waals surface area contributed by atoms with Gasteiger partial charge in [0.1, 0.15) is 0 Å². The molecule has 0 radical (unpaired) electrons. The van der Waals surface area contributed by atoms with E-state index in [4.69, 9.17) is 12.2 Å². The normalized spacial score (nSPS) is 15.7. The third-order valence-corrected chi connectivity index (χ3v) is 5.52. The molecular weight excluding hydrogens is 376 g/mol. The van der Waals surface area contributed by atoms with Gasteiger partial charge in [-0.3, -0.25) is 15.0 Å². The van der Waals surface area contributed by atoms with Gasteiger partial charge in [-0.2, -0.15) is 5.01 Å². The van der Waals surface area contributed by atoms with E-state index >= 15 is 0 Å². The van der Waals surface area contributed by atoms with Crippen molar-refractivity contribution in [3.63, 3.8) is 0 Å². The zero-order valence-corrected chi connectivity index (χ0v) is 17.0. The number of thiocarbonyl (C=S) groups is 1. The number of hydrazine groups is 1. The zero-order valence-electron chi connectivity index (χ0n) is 15.4. The molecule has 138 valence electrons. The largest absolute Gasteiger partial charge is 0.285 e. The molecule has 27 heavy (non-hydrogen) atoms. The molecule has 0 bridgehead atoms. The van der Waals surface area contributed by atoms with Crippen LogP contribution in [0.3, 0.4) is 0 Å². The van der Waals surface area contributed by atoms with Crippen molar-refractivity contribution in [2.24, 2.45) is 0 Å². The van der Waals surface area contributed by atoms with Crippen LogP contribution in [-0.4, -0.2) is 21.1 Å². The van der Waals surface area contributed by atoms with Crippen LogP contribution in [0.15, 0.2) is 53.4 Å². The molecule has 0 saturated carbocycles. The first-order valence-corrected chi connectivity index (χ1v) is 9.83. The lowest BCUT2D eigenvalue weighted by atomic mass is 10.0. The van der Waals surface area contributed by atoms with Gasteiger partial charge in [-0.15, -0.1) is 0 Å². The van der Waals surface area contributed by atoms with E-state index in [1.165, 1.54) is 17.3 Å². The molecule has 0 aliphatic carbocycles. The van der Waals surface area contributed by atoms with Gasteiger partial charge in [0.05, 0.1) is 4.91 Å². The number of amides is 2. The number of rotatable bonds is 4. The molecule has 1 fully saturated rings. The van der Waals surface area contributed by atoms with Crippen molar-refractivity contribution in [1.29, 1.82) is 0 Å². The van der Waals surface area contributed by atoms with Crippen molar-refractivity contribution in [1.82, 2.24) is 10.4 Å². The van der Waals surface area contributed by atoms with Gasteiger partial charge in [0.2, 0.25) is 0 Å². The highest BCUT2D eigenvalue weighted by atomic mass is 32.2. The lowest BCUT2D eigenvalue weighted by molar-refractivity contribution is -0.123. The topological polar surface area (TPSA) is 49.4 Å². The molecular formula is C21H20N2O2S2. The highest BCUT2D eigenvalue weighted by Gasteiger charge is 2.33. The molecule has 2 amide bonds. The van der Waals surface area contributed by atoms with Crippen LogP contribution in [0.25, 0.3) is 6.08 Å². The van der Waals surface area contributed by atoms with Crippen LogP contribution in [0.5, 0.6) is 0 Å². The fraction of sp³-hybridized carbons (Fsp3) is 0.190. The van der Waals surface area contributed by atoms with Crippen LogP contribution in [0, 0.1) is 6.92 Å². The lowest BCUT2D eigenvalue weighted by Gasteiger charge is -2.15. The monoisotopic (exact) mass is 396 g/mol. The standard InChI is InChI=1S/C21H20N2O2S2/c1-13(2)16-10-6-15(7-11-16)12-18-20(25)23(21(26)27-18)22-19(24)17-8-4-14(3)5-9-17/h4-13H,1-3H3,(H,22,24)/b18-12-. The van der Waals surface area contributed by atoms with Crippen LogP contribution in [-0.2, 0) is 4.79 Å². The van der Waals surface area contributed by atoms with Gasteiger partial charge < -0.3 is 0 Å². The van der Waals surface area contributed by atoms with E-state index in [0.717, 1.165) is 16.1 Å². The number of nitrogens with one attached hydrogen (secondary N) is 1. The van der Waals surface area contributed by atoms with Gasteiger partial charge >= 0.3 is 0 Å². The predicted octanol–water partition coefficient (Wildman–Crippen LogP) is 4.66. The van der Waals surface area contributed by atoms with Crippen molar-refractivity contribution in [2.45, 2.75) is 26.7 Å². The number of aryl methyl sites for hydroxylation is 1. The highest BCUT2D eigenvalue weighted by Crippen LogP contribution is 2.31. The summed E-state index contributed by atoms with van der Waals surface area (Å²) in [6.45, 7) is 6.22. The minimum absolute atomic E-state index is 0.311. The molecule has 6 heteroatoms. The summed E-state index contributed by atoms with van der Waals surface area (Å²) in [5, 5.41) is 1.14. The van der Waals surface area contributed by atoms with Gasteiger partial charge in [0, 0.05) is 5.56 Å². The molecule has 4 nitrogen and oxygen atoms in total. The van der Waals surface area contributed by atoms with E-state index < -0.39 is 0 Å². The Morgan fingerprint density at radius 1 is 1.11 bits per heavy atom. The maximum Gasteiger partial charge on any atom is 0.285 e. The summed E-state index contributed by atoms with van der Waals surface area (Å²) in [6, 6.07) is 15.2. The lowest BCUT2D eigenvalue weighted by Crippen LogP contribution is -2.44. The Balaban J connectivity index is 1.74. The molecule has 0 spiro atoms. The third-order valence-electron chi connectivity index (χ3n) is 4.22. The summed E-state index contributed by atoms with van der Waals surface area (Å²) >= 11 is 6.45. The quantitative estimate of drug-likeness (QED) is 0.603. The smallest absolute Gasteiger partial charge is 0.267 e. The second-order valence-electron chi connectivity index (χ2n) is 6.65. The van der Waals surface area contributed by atoms with Gasteiger partial charge in [-0.25, -0.2) is 0 Å². The fourth-order valence-corrected chi connectivity index (χ4v) is 3.74. The molecule has 2 aromatic rings. The maximum absolute atomic E-state index is 12.7. The van der Waals surface area contributed by atoms with Gasteiger partial charge in [-0.05, 0) is 54.4 Å². The minimum Gasteiger partial charge on any atom is -0.267 e. The van der Waals surface area contributed by atoms with Crippen LogP contribution >= 0.6 is 24.0 Å². The summed E-state index contributed by atoms with van der Waals surface area (Å²) in [5.41, 5.74) is 6.29. The number of benzene rings is 2. The second-order valence-corrected chi connectivity index (χ2v) is 8.32. The Morgan fingerprint density at radius 3 is 2.33 bits per heavy atom. The molecule has 1 aliphatic rings. The van der Waals surface area contributed by atoms with Gasteiger partial charge in [0.15, 0.2) is 4.32 Å². The number of nitrogens with zero attached hydrogens (tertiary/aromatic N) is 1. The van der Waals surface area contributed by atoms with E-state index in [1.54, 1.807) is 18.2 Å². The van der Waals surface area contributed by atoms with Crippen molar-refractivity contribution < 1.29 is 9.59 Å². The van der Waals surface area contributed by atoms with E-state index in [9.17, 15) is 9.59 Å². The van der Waals surface area contributed by atoms with Crippen LogP contribution in [0.4, 0.5) is 0 Å². The molecule has 2 aromatic carbocycles. The van der Waals surface area contributed by atoms with Gasteiger partial charge in [0.25, 0.3) is 11.8 Å². The molecule has 1 heterocycles. The van der Waals surface area contributed by atoms with Crippen molar-refractivity contribution in [2.75, 3.05) is 0 Å². The molecule has 0 aromatic heterocycles. The van der Waals surface area contributed by atoms with E-state index in [2.05, 4.69) is 31.4 Å². The van der Waals surface area contributed by atoms with Crippen LogP contribution in [0.1, 0.15) is 46.8 Å². The first-order chi connectivity index (χ1) is 12.8. The summed E-state index contributed by atoms with van der Waals surface area (Å²) in [6.07, 6.45) is 1.79. The molecule has 1 saturated heterocycles. The number of thioether (sulfide) groups is 1. The Hall–Kier alpha value is -2.44. The van der Waals surface area contributed by atoms with Crippen LogP contribution in [0.2, 0.25) is 0 Å². The number of hydrogen-bond donors (Lipinski definition) is 1. The van der Waals surface area contributed by atoms with Gasteiger partial charge in [-0.1, -0.05) is 67.6 Å². The number of carbonyl (C=O) groups is 2. The molecule has 0 unspecified atom stereocenters. The summed E-state index contributed by atoms with van der Waals surface area (Å²) in [5.74, 6) is -0.235. The van der Waals surface area contributed by atoms with E-state index in [1.807, 2.05) is 31.2 Å². The van der Waals surface area contributed by atoms with Crippen molar-refractivity contribution in [3.05, 3.63) is 75.7 Å². The Kier molecular flexibility index (Phi) is 5.77. The Morgan fingerprint density at radius 2 is 1.74 bits per heavy atom. The summed E-state index contributed by atoms with van der Waals surface area (Å²) in [7, 11) is 0. The average molecular weight is 397 g/mol. The maximum atomic E-state index is 12.7. The zero-order chi connectivity index (χ0) is 19.6. The first-order valence-electron chi connectivity index (χ1n) is 8.60.